The molecule has 0 aliphatic heterocycles. The molecule has 0 saturated heterocycles. The second-order valence-corrected chi connectivity index (χ2v) is 3.98. The Labute approximate surface area is 97.5 Å². The zero-order valence-corrected chi connectivity index (χ0v) is 10.3. The van der Waals surface area contributed by atoms with Crippen LogP contribution in [0.1, 0.15) is 24.5 Å². The molecule has 1 N–H and O–H groups in total. The Hall–Kier alpha value is -1.51. The summed E-state index contributed by atoms with van der Waals surface area (Å²) in [5.74, 6) is 0. The summed E-state index contributed by atoms with van der Waals surface area (Å²) < 4.78 is 0. The Bertz CT molecular complexity index is 332. The molecule has 1 aromatic carbocycles. The van der Waals surface area contributed by atoms with Crippen molar-refractivity contribution in [3.63, 3.8) is 0 Å². The first kappa shape index (κ1) is 12.6. The van der Waals surface area contributed by atoms with Crippen molar-refractivity contribution in [2.75, 3.05) is 14.1 Å². The van der Waals surface area contributed by atoms with Gasteiger partial charge in [0.05, 0.1) is 0 Å². The molecule has 3 heteroatoms. The van der Waals surface area contributed by atoms with Gasteiger partial charge in [0.1, 0.15) is 0 Å². The van der Waals surface area contributed by atoms with Crippen LogP contribution < -0.4 is 5.32 Å². The van der Waals surface area contributed by atoms with Gasteiger partial charge in [-0.05, 0) is 17.5 Å². The molecule has 0 fully saturated rings. The van der Waals surface area contributed by atoms with Crippen molar-refractivity contribution < 1.29 is 4.79 Å². The van der Waals surface area contributed by atoms with Crippen LogP contribution in [0.25, 0.3) is 0 Å². The molecule has 0 aromatic heterocycles. The van der Waals surface area contributed by atoms with Crippen molar-refractivity contribution in [3.8, 4) is 0 Å². The lowest BCUT2D eigenvalue weighted by atomic mass is 10.1. The Balaban J connectivity index is 2.58. The van der Waals surface area contributed by atoms with Crippen molar-refractivity contribution in [1.29, 1.82) is 0 Å². The van der Waals surface area contributed by atoms with Gasteiger partial charge in [-0.3, -0.25) is 0 Å². The fraction of sp³-hybridized carbons (Fsp3) is 0.462. The lowest BCUT2D eigenvalue weighted by molar-refractivity contribution is 0.209. The van der Waals surface area contributed by atoms with Crippen molar-refractivity contribution in [2.24, 2.45) is 0 Å². The van der Waals surface area contributed by atoms with E-state index in [1.54, 1.807) is 19.0 Å². The number of benzene rings is 1. The van der Waals surface area contributed by atoms with E-state index in [2.05, 4.69) is 36.5 Å². The SMILES string of the molecule is CCCc1ccc(CN(C)C(=O)NC)cc1. The van der Waals surface area contributed by atoms with Gasteiger partial charge in [0.25, 0.3) is 0 Å². The van der Waals surface area contributed by atoms with Crippen LogP contribution >= 0.6 is 0 Å². The van der Waals surface area contributed by atoms with E-state index in [0.717, 1.165) is 18.4 Å². The first-order valence-corrected chi connectivity index (χ1v) is 5.68. The van der Waals surface area contributed by atoms with Gasteiger partial charge in [0.2, 0.25) is 0 Å². The number of hydrogen-bond donors (Lipinski definition) is 1. The maximum atomic E-state index is 11.3. The fourth-order valence-corrected chi connectivity index (χ4v) is 1.64. The zero-order chi connectivity index (χ0) is 12.0. The van der Waals surface area contributed by atoms with Crippen LogP contribution in [0, 0.1) is 0 Å². The average Bonchev–Trinajstić information content (AvgIpc) is 2.31. The number of amides is 2. The van der Waals surface area contributed by atoms with Gasteiger partial charge in [0, 0.05) is 20.6 Å². The molecule has 0 spiro atoms. The predicted octanol–water partition coefficient (Wildman–Crippen LogP) is 2.41. The van der Waals surface area contributed by atoms with Crippen molar-refractivity contribution in [2.45, 2.75) is 26.3 Å². The van der Waals surface area contributed by atoms with Gasteiger partial charge in [-0.2, -0.15) is 0 Å². The highest BCUT2D eigenvalue weighted by atomic mass is 16.2. The van der Waals surface area contributed by atoms with E-state index in [9.17, 15) is 4.79 Å². The largest absolute Gasteiger partial charge is 0.341 e. The van der Waals surface area contributed by atoms with E-state index in [1.807, 2.05) is 0 Å². The zero-order valence-electron chi connectivity index (χ0n) is 10.3. The van der Waals surface area contributed by atoms with E-state index in [4.69, 9.17) is 0 Å². The van der Waals surface area contributed by atoms with Crippen molar-refractivity contribution in [1.82, 2.24) is 10.2 Å². The summed E-state index contributed by atoms with van der Waals surface area (Å²) in [7, 11) is 3.43. The van der Waals surface area contributed by atoms with Crippen LogP contribution in [0.5, 0.6) is 0 Å². The van der Waals surface area contributed by atoms with E-state index < -0.39 is 0 Å². The topological polar surface area (TPSA) is 32.3 Å². The van der Waals surface area contributed by atoms with E-state index in [-0.39, 0.29) is 6.03 Å². The second-order valence-electron chi connectivity index (χ2n) is 3.98. The molecular weight excluding hydrogens is 200 g/mol. The van der Waals surface area contributed by atoms with Crippen molar-refractivity contribution in [3.05, 3.63) is 35.4 Å². The molecule has 1 rings (SSSR count). The Morgan fingerprint density at radius 2 is 1.81 bits per heavy atom. The number of carbonyl (C=O) groups excluding carboxylic acids is 1. The normalized spacial score (nSPS) is 9.94. The third kappa shape index (κ3) is 3.57. The molecule has 3 nitrogen and oxygen atoms in total. The summed E-state index contributed by atoms with van der Waals surface area (Å²) >= 11 is 0. The lowest BCUT2D eigenvalue weighted by Gasteiger charge is -2.16. The standard InChI is InChI=1S/C13H20N2O/c1-4-5-11-6-8-12(9-7-11)10-15(3)13(16)14-2/h6-9H,4-5,10H2,1-3H3,(H,14,16). The van der Waals surface area contributed by atoms with E-state index >= 15 is 0 Å². The minimum absolute atomic E-state index is 0.0577. The Morgan fingerprint density at radius 3 is 2.31 bits per heavy atom. The van der Waals surface area contributed by atoms with Crippen LogP contribution in [-0.4, -0.2) is 25.0 Å². The molecule has 0 aliphatic rings. The molecule has 0 atom stereocenters. The molecule has 0 radical (unpaired) electrons. The number of hydrogen-bond acceptors (Lipinski definition) is 1. The van der Waals surface area contributed by atoms with Gasteiger partial charge in [-0.25, -0.2) is 4.79 Å². The first-order valence-electron chi connectivity index (χ1n) is 5.68. The molecule has 0 aliphatic carbocycles. The summed E-state index contributed by atoms with van der Waals surface area (Å²) in [5, 5.41) is 2.60. The highest BCUT2D eigenvalue weighted by Gasteiger charge is 2.05. The predicted molar refractivity (Wildman–Crippen MR) is 66.4 cm³/mol. The second kappa shape index (κ2) is 6.16. The molecule has 16 heavy (non-hydrogen) atoms. The quantitative estimate of drug-likeness (QED) is 0.830. The highest BCUT2D eigenvalue weighted by molar-refractivity contribution is 5.73. The first-order chi connectivity index (χ1) is 7.67. The molecule has 0 unspecified atom stereocenters. The fourth-order valence-electron chi connectivity index (χ4n) is 1.64. The molecule has 0 saturated carbocycles. The number of carbonyl (C=O) groups is 1. The minimum Gasteiger partial charge on any atom is -0.341 e. The molecule has 88 valence electrons. The number of nitrogens with one attached hydrogen (secondary N) is 1. The number of aryl methyl sites for hydroxylation is 1. The Kier molecular flexibility index (Phi) is 4.83. The lowest BCUT2D eigenvalue weighted by Crippen LogP contribution is -2.34. The summed E-state index contributed by atoms with van der Waals surface area (Å²) in [6.07, 6.45) is 2.28. The maximum absolute atomic E-state index is 11.3. The van der Waals surface area contributed by atoms with Gasteiger partial charge >= 0.3 is 6.03 Å². The maximum Gasteiger partial charge on any atom is 0.317 e. The third-order valence-electron chi connectivity index (χ3n) is 2.54. The van der Waals surface area contributed by atoms with Crippen LogP contribution in [0.3, 0.4) is 0 Å². The van der Waals surface area contributed by atoms with E-state index in [0.29, 0.717) is 6.54 Å². The number of rotatable bonds is 4. The van der Waals surface area contributed by atoms with Crippen molar-refractivity contribution >= 4 is 6.03 Å². The summed E-state index contributed by atoms with van der Waals surface area (Å²) in [5.41, 5.74) is 2.51. The smallest absolute Gasteiger partial charge is 0.317 e. The highest BCUT2D eigenvalue weighted by Crippen LogP contribution is 2.08. The average molecular weight is 220 g/mol. The van der Waals surface area contributed by atoms with Gasteiger partial charge < -0.3 is 10.2 Å². The van der Waals surface area contributed by atoms with Crippen LogP contribution in [0.2, 0.25) is 0 Å². The van der Waals surface area contributed by atoms with Gasteiger partial charge in [-0.15, -0.1) is 0 Å². The summed E-state index contributed by atoms with van der Waals surface area (Å²) in [4.78, 5) is 13.0. The van der Waals surface area contributed by atoms with E-state index in [1.165, 1.54) is 5.56 Å². The molecule has 1 aromatic rings. The summed E-state index contributed by atoms with van der Waals surface area (Å²) in [6.45, 7) is 2.82. The van der Waals surface area contributed by atoms with Crippen LogP contribution in [-0.2, 0) is 13.0 Å². The molecule has 0 heterocycles. The molecular formula is C13H20N2O. The van der Waals surface area contributed by atoms with Gasteiger partial charge in [-0.1, -0.05) is 37.6 Å². The monoisotopic (exact) mass is 220 g/mol. The Morgan fingerprint density at radius 1 is 1.25 bits per heavy atom. The number of nitrogens with zero attached hydrogens (tertiary/aromatic N) is 1. The number of urea groups is 1. The van der Waals surface area contributed by atoms with Crippen LogP contribution in [0.15, 0.2) is 24.3 Å². The molecule has 0 bridgehead atoms. The third-order valence-corrected chi connectivity index (χ3v) is 2.54. The van der Waals surface area contributed by atoms with Crippen LogP contribution in [0.4, 0.5) is 4.79 Å². The summed E-state index contributed by atoms with van der Waals surface area (Å²) in [6, 6.07) is 8.39. The van der Waals surface area contributed by atoms with Gasteiger partial charge in [0.15, 0.2) is 0 Å². The minimum atomic E-state index is -0.0577. The molecule has 2 amide bonds.